The molecule has 5 rings (SSSR count). The van der Waals surface area contributed by atoms with Gasteiger partial charge in [0.1, 0.15) is 11.9 Å². The van der Waals surface area contributed by atoms with E-state index in [0.29, 0.717) is 30.1 Å². The lowest BCUT2D eigenvalue weighted by Gasteiger charge is -2.47. The summed E-state index contributed by atoms with van der Waals surface area (Å²) in [5.41, 5.74) is -0.888. The summed E-state index contributed by atoms with van der Waals surface area (Å²) in [5, 5.41) is 16.4. The number of anilines is 1. The van der Waals surface area contributed by atoms with Gasteiger partial charge in [-0.15, -0.1) is 0 Å². The van der Waals surface area contributed by atoms with Gasteiger partial charge in [-0.3, -0.25) is 14.7 Å². The lowest BCUT2D eigenvalue weighted by molar-refractivity contribution is -0.186. The second-order valence-corrected chi connectivity index (χ2v) is 15.2. The van der Waals surface area contributed by atoms with Crippen molar-refractivity contribution in [3.05, 3.63) is 58.6 Å². The quantitative estimate of drug-likeness (QED) is 0.323. The van der Waals surface area contributed by atoms with E-state index < -0.39 is 57.4 Å². The maximum absolute atomic E-state index is 15.3. The third-order valence-electron chi connectivity index (χ3n) is 9.97. The van der Waals surface area contributed by atoms with E-state index in [4.69, 9.17) is 11.6 Å². The molecule has 2 saturated heterocycles. The predicted octanol–water partition coefficient (Wildman–Crippen LogP) is 5.18. The molecule has 16 heteroatoms. The lowest BCUT2D eigenvalue weighted by atomic mass is 9.62. The Balaban J connectivity index is 1.45. The van der Waals surface area contributed by atoms with Crippen LogP contribution < -0.4 is 10.6 Å². The van der Waals surface area contributed by atoms with Crippen LogP contribution in [0.5, 0.6) is 0 Å². The Labute approximate surface area is 275 Å². The number of alkyl halides is 3. The number of piperazine rings is 1. The highest BCUT2D eigenvalue weighted by molar-refractivity contribution is 7.89. The minimum atomic E-state index is -4.45. The van der Waals surface area contributed by atoms with Crippen LogP contribution in [-0.4, -0.2) is 89.9 Å². The molecule has 4 atom stereocenters. The van der Waals surface area contributed by atoms with Crippen LogP contribution in [0.1, 0.15) is 56.1 Å². The fourth-order valence-electron chi connectivity index (χ4n) is 7.45. The van der Waals surface area contributed by atoms with Gasteiger partial charge in [0.15, 0.2) is 0 Å². The Morgan fingerprint density at radius 1 is 1.19 bits per heavy atom. The van der Waals surface area contributed by atoms with E-state index in [9.17, 15) is 36.3 Å². The molecule has 0 radical (unpaired) electrons. The number of amides is 2. The number of nitrogens with zero attached hydrogens (tertiary/aromatic N) is 3. The summed E-state index contributed by atoms with van der Waals surface area (Å²) in [7, 11) is -2.32. The number of fused-ring (bicyclic) bond motifs is 2. The Morgan fingerprint density at radius 2 is 1.87 bits per heavy atom. The van der Waals surface area contributed by atoms with Gasteiger partial charge in [0, 0.05) is 48.2 Å². The highest BCUT2D eigenvalue weighted by atomic mass is 35.5. The van der Waals surface area contributed by atoms with Gasteiger partial charge in [0.25, 0.3) is 0 Å². The number of pyridine rings is 1. The van der Waals surface area contributed by atoms with Crippen LogP contribution in [0.4, 0.5) is 28.0 Å². The molecule has 1 aromatic heterocycles. The molecular formula is C31H38ClF4N5O5S. The van der Waals surface area contributed by atoms with E-state index in [1.165, 1.54) is 29.7 Å². The maximum Gasteiger partial charge on any atom is 0.407 e. The normalized spacial score (nSPS) is 28.1. The number of halogens is 5. The highest BCUT2D eigenvalue weighted by Gasteiger charge is 2.53. The molecule has 3 heterocycles. The minimum Gasteiger partial charge on any atom is -0.465 e. The number of hydrogen-bond acceptors (Lipinski definition) is 6. The zero-order chi connectivity index (χ0) is 34.1. The summed E-state index contributed by atoms with van der Waals surface area (Å²) in [6.45, 7) is 0.701. The number of carboxylic acid groups (broad SMARTS) is 1. The van der Waals surface area contributed by atoms with Crippen molar-refractivity contribution in [2.24, 2.45) is 5.92 Å². The molecule has 0 spiro atoms. The van der Waals surface area contributed by atoms with Gasteiger partial charge in [-0.05, 0) is 69.1 Å². The first-order valence-corrected chi connectivity index (χ1v) is 17.6. The molecule has 47 heavy (non-hydrogen) atoms. The fourth-order valence-corrected chi connectivity index (χ4v) is 9.38. The van der Waals surface area contributed by atoms with Crippen molar-refractivity contribution < 1.29 is 40.7 Å². The number of carbonyl (C=O) groups excluding carboxylic acids is 1. The van der Waals surface area contributed by atoms with Crippen molar-refractivity contribution in [1.29, 1.82) is 0 Å². The zero-order valence-corrected chi connectivity index (χ0v) is 27.3. The average Bonchev–Trinajstić information content (AvgIpc) is 3.12. The van der Waals surface area contributed by atoms with Crippen molar-refractivity contribution in [1.82, 2.24) is 19.5 Å². The summed E-state index contributed by atoms with van der Waals surface area (Å²) < 4.78 is 83.8. The third-order valence-corrected chi connectivity index (χ3v) is 12.2. The van der Waals surface area contributed by atoms with E-state index in [0.717, 1.165) is 17.5 Å². The van der Waals surface area contributed by atoms with Crippen molar-refractivity contribution >= 4 is 39.3 Å². The molecule has 2 bridgehead atoms. The SMILES string of the molecule is CN(C(=O)O)[C@H](C(=O)Nc1cncc(F)c1CC[C@H]1CN[C@@H]2CCCS(=O)(=O)N1C2)C1(c2ccc(Cl)cc2)CCC(C(F)(F)F)CC1. The number of likely N-dealkylation sites (N-methyl/N-ethyl adjacent to an activating group) is 1. The van der Waals surface area contributed by atoms with Gasteiger partial charge < -0.3 is 15.7 Å². The molecule has 2 aromatic rings. The van der Waals surface area contributed by atoms with Crippen LogP contribution in [0.2, 0.25) is 5.02 Å². The monoisotopic (exact) mass is 703 g/mol. The van der Waals surface area contributed by atoms with Crippen molar-refractivity contribution in [2.75, 3.05) is 31.2 Å². The molecule has 3 fully saturated rings. The number of carbonyl (C=O) groups is 2. The van der Waals surface area contributed by atoms with Crippen molar-refractivity contribution in [3.8, 4) is 0 Å². The van der Waals surface area contributed by atoms with Gasteiger partial charge in [-0.25, -0.2) is 17.6 Å². The van der Waals surface area contributed by atoms with E-state index in [1.807, 2.05) is 0 Å². The molecule has 3 N–H and O–H groups in total. The molecule has 1 saturated carbocycles. The van der Waals surface area contributed by atoms with Crippen molar-refractivity contribution in [3.63, 3.8) is 0 Å². The first kappa shape index (κ1) is 35.3. The first-order valence-electron chi connectivity index (χ1n) is 15.6. The number of nitrogens with one attached hydrogen (secondary N) is 2. The average molecular weight is 704 g/mol. The third kappa shape index (κ3) is 7.52. The Morgan fingerprint density at radius 3 is 2.51 bits per heavy atom. The zero-order valence-electron chi connectivity index (χ0n) is 25.8. The van der Waals surface area contributed by atoms with Crippen LogP contribution in [0, 0.1) is 11.7 Å². The predicted molar refractivity (Wildman–Crippen MR) is 167 cm³/mol. The van der Waals surface area contributed by atoms with Gasteiger partial charge in [0.2, 0.25) is 15.9 Å². The second kappa shape index (κ2) is 13.8. The number of aromatic nitrogens is 1. The Kier molecular flexibility index (Phi) is 10.4. The summed E-state index contributed by atoms with van der Waals surface area (Å²) in [6.07, 6.45) is -3.16. The Bertz CT molecular complexity index is 1570. The summed E-state index contributed by atoms with van der Waals surface area (Å²) >= 11 is 6.10. The molecule has 3 aliphatic rings. The molecule has 2 aliphatic heterocycles. The molecule has 258 valence electrons. The fraction of sp³-hybridized carbons (Fsp3) is 0.581. The van der Waals surface area contributed by atoms with E-state index in [1.54, 1.807) is 12.1 Å². The summed E-state index contributed by atoms with van der Waals surface area (Å²) in [5.74, 6) is -3.19. The van der Waals surface area contributed by atoms with Gasteiger partial charge >= 0.3 is 12.3 Å². The summed E-state index contributed by atoms with van der Waals surface area (Å²) in [4.78, 5) is 31.2. The van der Waals surface area contributed by atoms with Crippen LogP contribution >= 0.6 is 11.6 Å². The second-order valence-electron chi connectivity index (χ2n) is 12.7. The smallest absolute Gasteiger partial charge is 0.407 e. The maximum atomic E-state index is 15.3. The topological polar surface area (TPSA) is 132 Å². The lowest BCUT2D eigenvalue weighted by Crippen LogP contribution is -2.58. The number of rotatable bonds is 8. The largest absolute Gasteiger partial charge is 0.465 e. The first-order chi connectivity index (χ1) is 22.1. The number of hydrogen-bond donors (Lipinski definition) is 3. The standard InChI is InChI=1S/C31H38ClF4N5O5S/c1-40(29(43)44)27(30(19-4-6-21(32)7-5-19)12-10-20(11-13-30)31(34,35)36)28(42)39-26-17-37-16-25(33)24(26)9-8-23-15-38-22-3-2-14-47(45,46)41(23)18-22/h4-7,16-17,20,22-23,27,38H,2-3,8-15,18H2,1H3,(H,39,42)(H,43,44)/t20?,22-,23+,27-,30?/m1/s1. The molecule has 2 amide bonds. The van der Waals surface area contributed by atoms with Crippen molar-refractivity contribution in [2.45, 2.75) is 81.1 Å². The molecule has 1 aliphatic carbocycles. The van der Waals surface area contributed by atoms with Gasteiger partial charge in [-0.1, -0.05) is 23.7 Å². The number of benzene rings is 1. The van der Waals surface area contributed by atoms with Crippen LogP contribution in [0.15, 0.2) is 36.7 Å². The van der Waals surface area contributed by atoms with E-state index >= 15 is 4.39 Å². The van der Waals surface area contributed by atoms with Gasteiger partial charge in [-0.2, -0.15) is 17.5 Å². The molecule has 1 aromatic carbocycles. The van der Waals surface area contributed by atoms with Gasteiger partial charge in [0.05, 0.1) is 29.8 Å². The van der Waals surface area contributed by atoms with E-state index in [2.05, 4.69) is 15.6 Å². The minimum absolute atomic E-state index is 0.0298. The van der Waals surface area contributed by atoms with Crippen LogP contribution in [0.3, 0.4) is 0 Å². The number of sulfonamides is 1. The molecule has 10 nitrogen and oxygen atoms in total. The Hall–Kier alpha value is -3.01. The molecule has 1 unspecified atom stereocenters. The van der Waals surface area contributed by atoms with E-state index in [-0.39, 0.29) is 61.6 Å². The van der Waals surface area contributed by atoms with Crippen LogP contribution in [-0.2, 0) is 26.7 Å². The summed E-state index contributed by atoms with van der Waals surface area (Å²) in [6, 6.07) is 4.32. The molecular weight excluding hydrogens is 666 g/mol. The highest BCUT2D eigenvalue weighted by Crippen LogP contribution is 2.50. The van der Waals surface area contributed by atoms with Crippen LogP contribution in [0.25, 0.3) is 0 Å².